The van der Waals surface area contributed by atoms with Crippen molar-refractivity contribution in [3.8, 4) is 0 Å². The van der Waals surface area contributed by atoms with Crippen LogP contribution >= 0.6 is 0 Å². The molecule has 0 unspecified atom stereocenters. The summed E-state index contributed by atoms with van der Waals surface area (Å²) >= 11 is 0. The summed E-state index contributed by atoms with van der Waals surface area (Å²) in [6.07, 6.45) is 0. The van der Waals surface area contributed by atoms with Gasteiger partial charge in [-0.1, -0.05) is 24.3 Å². The fourth-order valence-corrected chi connectivity index (χ4v) is 3.92. The van der Waals surface area contributed by atoms with Gasteiger partial charge >= 0.3 is 5.97 Å². The minimum atomic E-state index is -1.05. The summed E-state index contributed by atoms with van der Waals surface area (Å²) < 4.78 is 0. The molecule has 0 saturated carbocycles. The molecular formula is C23H13N3O6. The van der Waals surface area contributed by atoms with Gasteiger partial charge in [0.25, 0.3) is 23.6 Å². The predicted molar refractivity (Wildman–Crippen MR) is 111 cm³/mol. The van der Waals surface area contributed by atoms with Crippen molar-refractivity contribution in [2.24, 2.45) is 5.90 Å². The van der Waals surface area contributed by atoms with Gasteiger partial charge in [-0.15, -0.1) is 0 Å². The molecule has 0 bridgehead atoms. The molecule has 0 atom stereocenters. The Morgan fingerprint density at radius 3 is 1.53 bits per heavy atom. The SMILES string of the molecule is NOC(=O)c1cc(N2C(=O)c3ccccc3C2=O)ccc1N1C(=O)c2ccccc2C1=O. The zero-order valence-electron chi connectivity index (χ0n) is 16.3. The lowest BCUT2D eigenvalue weighted by Gasteiger charge is -2.20. The highest BCUT2D eigenvalue weighted by Crippen LogP contribution is 2.35. The minimum absolute atomic E-state index is 0.0666. The molecule has 156 valence electrons. The maximum Gasteiger partial charge on any atom is 0.358 e. The Labute approximate surface area is 180 Å². The number of nitrogens with two attached hydrogens (primary N) is 1. The molecule has 9 nitrogen and oxygen atoms in total. The van der Waals surface area contributed by atoms with E-state index in [1.165, 1.54) is 42.5 Å². The molecule has 0 fully saturated rings. The minimum Gasteiger partial charge on any atom is -0.370 e. The second-order valence-corrected chi connectivity index (χ2v) is 7.09. The van der Waals surface area contributed by atoms with Crippen LogP contribution in [0.25, 0.3) is 0 Å². The summed E-state index contributed by atoms with van der Waals surface area (Å²) in [5, 5.41) is 0. The molecule has 0 saturated heterocycles. The van der Waals surface area contributed by atoms with Crippen LogP contribution in [0.2, 0.25) is 0 Å². The van der Waals surface area contributed by atoms with Crippen LogP contribution in [0.15, 0.2) is 66.7 Å². The first-order chi connectivity index (χ1) is 15.4. The molecule has 2 N–H and O–H groups in total. The van der Waals surface area contributed by atoms with Gasteiger partial charge < -0.3 is 4.84 Å². The Balaban J connectivity index is 1.62. The molecule has 32 heavy (non-hydrogen) atoms. The van der Waals surface area contributed by atoms with E-state index in [-0.39, 0.29) is 39.2 Å². The van der Waals surface area contributed by atoms with E-state index < -0.39 is 29.6 Å². The average molecular weight is 427 g/mol. The Bertz CT molecular complexity index is 1310. The molecular weight excluding hydrogens is 414 g/mol. The molecule has 4 amide bonds. The Morgan fingerprint density at radius 2 is 1.09 bits per heavy atom. The van der Waals surface area contributed by atoms with Gasteiger partial charge in [-0.2, -0.15) is 5.90 Å². The van der Waals surface area contributed by atoms with E-state index >= 15 is 0 Å². The van der Waals surface area contributed by atoms with Gasteiger partial charge in [-0.05, 0) is 42.5 Å². The van der Waals surface area contributed by atoms with Crippen molar-refractivity contribution in [1.29, 1.82) is 0 Å². The van der Waals surface area contributed by atoms with E-state index in [0.717, 1.165) is 9.80 Å². The highest BCUT2D eigenvalue weighted by Gasteiger charge is 2.40. The van der Waals surface area contributed by atoms with Gasteiger partial charge in [0, 0.05) is 0 Å². The van der Waals surface area contributed by atoms with Crippen LogP contribution < -0.4 is 15.7 Å². The van der Waals surface area contributed by atoms with Crippen LogP contribution in [-0.2, 0) is 4.84 Å². The van der Waals surface area contributed by atoms with Crippen molar-refractivity contribution >= 4 is 41.0 Å². The number of rotatable bonds is 3. The number of nitrogens with zero attached hydrogens (tertiary/aromatic N) is 2. The molecule has 0 spiro atoms. The van der Waals surface area contributed by atoms with Gasteiger partial charge in [0.15, 0.2) is 0 Å². The number of carbonyl (C=O) groups excluding carboxylic acids is 5. The van der Waals surface area contributed by atoms with Crippen molar-refractivity contribution in [2.75, 3.05) is 9.80 Å². The third-order valence-electron chi connectivity index (χ3n) is 5.39. The summed E-state index contributed by atoms with van der Waals surface area (Å²) in [6, 6.07) is 16.4. The second kappa shape index (κ2) is 6.96. The summed E-state index contributed by atoms with van der Waals surface area (Å²) in [5.74, 6) is 1.65. The lowest BCUT2D eigenvalue weighted by atomic mass is 10.1. The van der Waals surface area contributed by atoms with Crippen LogP contribution in [0.3, 0.4) is 0 Å². The van der Waals surface area contributed by atoms with E-state index in [2.05, 4.69) is 4.84 Å². The smallest absolute Gasteiger partial charge is 0.358 e. The molecule has 0 aromatic heterocycles. The lowest BCUT2D eigenvalue weighted by Crippen LogP contribution is -2.33. The fourth-order valence-electron chi connectivity index (χ4n) is 3.92. The van der Waals surface area contributed by atoms with Crippen LogP contribution in [0, 0.1) is 0 Å². The first kappa shape index (κ1) is 19.3. The Kier molecular flexibility index (Phi) is 4.21. The molecule has 5 rings (SSSR count). The van der Waals surface area contributed by atoms with Crippen LogP contribution in [0.4, 0.5) is 11.4 Å². The van der Waals surface area contributed by atoms with Crippen LogP contribution in [-0.4, -0.2) is 29.6 Å². The number of fused-ring (bicyclic) bond motifs is 2. The average Bonchev–Trinajstić information content (AvgIpc) is 3.23. The van der Waals surface area contributed by atoms with Crippen LogP contribution in [0.1, 0.15) is 51.8 Å². The van der Waals surface area contributed by atoms with Gasteiger partial charge in [0.05, 0.1) is 39.2 Å². The summed E-state index contributed by atoms with van der Waals surface area (Å²) in [5.41, 5.74) is 0.567. The summed E-state index contributed by atoms with van der Waals surface area (Å²) in [7, 11) is 0. The fraction of sp³-hybridized carbons (Fsp3) is 0. The maximum absolute atomic E-state index is 12.9. The molecule has 2 aliphatic rings. The number of hydrogen-bond acceptors (Lipinski definition) is 7. The normalized spacial score (nSPS) is 14.7. The molecule has 3 aromatic carbocycles. The van der Waals surface area contributed by atoms with E-state index in [9.17, 15) is 24.0 Å². The zero-order chi connectivity index (χ0) is 22.6. The number of hydrogen-bond donors (Lipinski definition) is 1. The quantitative estimate of drug-likeness (QED) is 0.502. The third kappa shape index (κ3) is 2.58. The van der Waals surface area contributed by atoms with E-state index in [0.29, 0.717) is 0 Å². The van der Waals surface area contributed by atoms with E-state index in [4.69, 9.17) is 5.90 Å². The topological polar surface area (TPSA) is 127 Å². The van der Waals surface area contributed by atoms with E-state index in [1.807, 2.05) is 0 Å². The first-order valence-electron chi connectivity index (χ1n) is 9.44. The second-order valence-electron chi connectivity index (χ2n) is 7.09. The maximum atomic E-state index is 12.9. The zero-order valence-corrected chi connectivity index (χ0v) is 16.3. The van der Waals surface area contributed by atoms with Crippen molar-refractivity contribution in [1.82, 2.24) is 0 Å². The Morgan fingerprint density at radius 1 is 0.656 bits per heavy atom. The molecule has 2 aliphatic heterocycles. The van der Waals surface area contributed by atoms with Gasteiger partial charge in [-0.25, -0.2) is 14.6 Å². The number of carbonyl (C=O) groups is 5. The van der Waals surface area contributed by atoms with Crippen molar-refractivity contribution in [2.45, 2.75) is 0 Å². The van der Waals surface area contributed by atoms with Crippen molar-refractivity contribution < 1.29 is 28.8 Å². The molecule has 9 heteroatoms. The monoisotopic (exact) mass is 427 g/mol. The third-order valence-corrected chi connectivity index (χ3v) is 5.39. The molecule has 3 aromatic rings. The standard InChI is InChI=1S/C23H13N3O6/c24-32-23(31)17-11-12(25-19(27)13-5-1-2-6-14(13)20(25)28)9-10-18(17)26-21(29)15-7-3-4-8-16(15)22(26)30/h1-11H,24H2. The number of benzene rings is 3. The number of imide groups is 2. The number of amides is 4. The molecule has 0 aliphatic carbocycles. The van der Waals surface area contributed by atoms with Gasteiger partial charge in [-0.3, -0.25) is 19.2 Å². The summed E-state index contributed by atoms with van der Waals surface area (Å²) in [6.45, 7) is 0. The van der Waals surface area contributed by atoms with Crippen molar-refractivity contribution in [3.05, 3.63) is 94.5 Å². The molecule has 2 heterocycles. The largest absolute Gasteiger partial charge is 0.370 e. The molecule has 0 radical (unpaired) electrons. The Hall–Kier alpha value is -4.63. The van der Waals surface area contributed by atoms with E-state index in [1.54, 1.807) is 24.3 Å². The lowest BCUT2D eigenvalue weighted by molar-refractivity contribution is 0.0504. The van der Waals surface area contributed by atoms with Gasteiger partial charge in [0.1, 0.15) is 0 Å². The van der Waals surface area contributed by atoms with Crippen LogP contribution in [0.5, 0.6) is 0 Å². The highest BCUT2D eigenvalue weighted by atomic mass is 16.7. The first-order valence-corrected chi connectivity index (χ1v) is 9.44. The number of anilines is 2. The highest BCUT2D eigenvalue weighted by molar-refractivity contribution is 6.36. The van der Waals surface area contributed by atoms with Crippen molar-refractivity contribution in [3.63, 3.8) is 0 Å². The predicted octanol–water partition coefficient (Wildman–Crippen LogP) is 2.32. The van der Waals surface area contributed by atoms with Gasteiger partial charge in [0.2, 0.25) is 0 Å². The summed E-state index contributed by atoms with van der Waals surface area (Å²) in [4.78, 5) is 69.9.